The van der Waals surface area contributed by atoms with Crippen molar-refractivity contribution in [2.45, 2.75) is 6.92 Å². The molecule has 94 valence electrons. The molecule has 2 rings (SSSR count). The summed E-state index contributed by atoms with van der Waals surface area (Å²) in [5.41, 5.74) is 3.13. The van der Waals surface area contributed by atoms with Crippen LogP contribution in [0.5, 0.6) is 5.75 Å². The molecule has 0 atom stereocenters. The lowest BCUT2D eigenvalue weighted by atomic mass is 10.2. The Balaban J connectivity index is 1.78. The predicted octanol–water partition coefficient (Wildman–Crippen LogP) is 3.22. The molecule has 2 aromatic rings. The number of anilines is 2. The van der Waals surface area contributed by atoms with Gasteiger partial charge in [0.05, 0.1) is 5.69 Å². The molecule has 3 nitrogen and oxygen atoms in total. The van der Waals surface area contributed by atoms with Gasteiger partial charge in [0.25, 0.3) is 0 Å². The summed E-state index contributed by atoms with van der Waals surface area (Å²) in [6.07, 6.45) is 0. The molecule has 0 bridgehead atoms. The summed E-state index contributed by atoms with van der Waals surface area (Å²) in [5, 5.41) is 16.1. The standard InChI is InChI=1S/C15H18N2O/c1-12-5-4-6-13(11-12)16-9-10-17-14-7-2-3-8-15(14)18/h2-8,11,16-18H,9-10H2,1H3. The van der Waals surface area contributed by atoms with Gasteiger partial charge in [-0.25, -0.2) is 0 Å². The Morgan fingerprint density at radius 2 is 1.72 bits per heavy atom. The number of phenolic OH excluding ortho intramolecular Hbond substituents is 1. The van der Waals surface area contributed by atoms with Gasteiger partial charge in [0, 0.05) is 18.8 Å². The molecular weight excluding hydrogens is 224 g/mol. The summed E-state index contributed by atoms with van der Waals surface area (Å²) in [4.78, 5) is 0. The zero-order valence-electron chi connectivity index (χ0n) is 10.5. The molecule has 0 aromatic heterocycles. The first kappa shape index (κ1) is 12.3. The zero-order chi connectivity index (χ0) is 12.8. The molecule has 0 aliphatic carbocycles. The van der Waals surface area contributed by atoms with E-state index in [2.05, 4.69) is 29.7 Å². The monoisotopic (exact) mass is 242 g/mol. The molecule has 0 aliphatic rings. The fraction of sp³-hybridized carbons (Fsp3) is 0.200. The average Bonchev–Trinajstić information content (AvgIpc) is 2.37. The maximum Gasteiger partial charge on any atom is 0.138 e. The largest absolute Gasteiger partial charge is 0.506 e. The van der Waals surface area contributed by atoms with Gasteiger partial charge in [-0.1, -0.05) is 24.3 Å². The van der Waals surface area contributed by atoms with Crippen LogP contribution in [0.1, 0.15) is 5.56 Å². The topological polar surface area (TPSA) is 44.3 Å². The lowest BCUT2D eigenvalue weighted by Crippen LogP contribution is -2.13. The Morgan fingerprint density at radius 3 is 2.50 bits per heavy atom. The van der Waals surface area contributed by atoms with Gasteiger partial charge in [0.15, 0.2) is 0 Å². The van der Waals surface area contributed by atoms with E-state index in [4.69, 9.17) is 0 Å². The minimum Gasteiger partial charge on any atom is -0.506 e. The first-order chi connectivity index (χ1) is 8.75. The molecule has 0 saturated heterocycles. The van der Waals surface area contributed by atoms with Crippen LogP contribution >= 0.6 is 0 Å². The van der Waals surface area contributed by atoms with Crippen LogP contribution in [0.15, 0.2) is 48.5 Å². The van der Waals surface area contributed by atoms with Crippen LogP contribution in [0.3, 0.4) is 0 Å². The maximum absolute atomic E-state index is 9.58. The van der Waals surface area contributed by atoms with E-state index in [1.807, 2.05) is 30.3 Å². The van der Waals surface area contributed by atoms with E-state index in [9.17, 15) is 5.11 Å². The highest BCUT2D eigenvalue weighted by Crippen LogP contribution is 2.20. The van der Waals surface area contributed by atoms with Gasteiger partial charge in [0.2, 0.25) is 0 Å². The molecule has 2 aromatic carbocycles. The number of nitrogens with one attached hydrogen (secondary N) is 2. The van der Waals surface area contributed by atoms with E-state index < -0.39 is 0 Å². The van der Waals surface area contributed by atoms with E-state index in [0.717, 1.165) is 24.5 Å². The van der Waals surface area contributed by atoms with Crippen LogP contribution in [0.4, 0.5) is 11.4 Å². The molecule has 3 N–H and O–H groups in total. The second-order valence-corrected chi connectivity index (χ2v) is 4.24. The van der Waals surface area contributed by atoms with Crippen LogP contribution in [0, 0.1) is 6.92 Å². The van der Waals surface area contributed by atoms with Gasteiger partial charge in [-0.2, -0.15) is 0 Å². The lowest BCUT2D eigenvalue weighted by Gasteiger charge is -2.10. The Kier molecular flexibility index (Phi) is 4.07. The third-order valence-corrected chi connectivity index (χ3v) is 2.69. The third-order valence-electron chi connectivity index (χ3n) is 2.69. The van der Waals surface area contributed by atoms with E-state index in [1.165, 1.54) is 5.56 Å². The minimum absolute atomic E-state index is 0.285. The van der Waals surface area contributed by atoms with Crippen molar-refractivity contribution >= 4 is 11.4 Å². The summed E-state index contributed by atoms with van der Waals surface area (Å²) >= 11 is 0. The molecule has 18 heavy (non-hydrogen) atoms. The van der Waals surface area contributed by atoms with Gasteiger partial charge in [0.1, 0.15) is 5.75 Å². The van der Waals surface area contributed by atoms with Crippen molar-refractivity contribution < 1.29 is 5.11 Å². The number of para-hydroxylation sites is 2. The zero-order valence-corrected chi connectivity index (χ0v) is 10.5. The molecule has 0 unspecified atom stereocenters. The van der Waals surface area contributed by atoms with Crippen molar-refractivity contribution in [3.05, 3.63) is 54.1 Å². The molecule has 0 spiro atoms. The van der Waals surface area contributed by atoms with Crippen LogP contribution < -0.4 is 10.6 Å². The van der Waals surface area contributed by atoms with Crippen molar-refractivity contribution in [2.75, 3.05) is 23.7 Å². The van der Waals surface area contributed by atoms with Crippen LogP contribution in [-0.2, 0) is 0 Å². The Hall–Kier alpha value is -2.16. The molecule has 0 saturated carbocycles. The highest BCUT2D eigenvalue weighted by atomic mass is 16.3. The molecule has 0 heterocycles. The van der Waals surface area contributed by atoms with Gasteiger partial charge in [-0.05, 0) is 36.8 Å². The van der Waals surface area contributed by atoms with Crippen molar-refractivity contribution in [2.24, 2.45) is 0 Å². The van der Waals surface area contributed by atoms with Gasteiger partial charge in [-0.3, -0.25) is 0 Å². The molecule has 0 aliphatic heterocycles. The summed E-state index contributed by atoms with van der Waals surface area (Å²) < 4.78 is 0. The van der Waals surface area contributed by atoms with Crippen LogP contribution in [0.2, 0.25) is 0 Å². The second-order valence-electron chi connectivity index (χ2n) is 4.24. The fourth-order valence-corrected chi connectivity index (χ4v) is 1.78. The molecule has 3 heteroatoms. The Morgan fingerprint density at radius 1 is 0.944 bits per heavy atom. The van der Waals surface area contributed by atoms with Crippen molar-refractivity contribution in [1.29, 1.82) is 0 Å². The summed E-state index contributed by atoms with van der Waals surface area (Å²) in [7, 11) is 0. The Bertz CT molecular complexity index is 511. The smallest absolute Gasteiger partial charge is 0.138 e. The highest BCUT2D eigenvalue weighted by molar-refractivity contribution is 5.55. The highest BCUT2D eigenvalue weighted by Gasteiger charge is 1.97. The first-order valence-corrected chi connectivity index (χ1v) is 6.08. The number of phenols is 1. The average molecular weight is 242 g/mol. The predicted molar refractivity (Wildman–Crippen MR) is 76.3 cm³/mol. The summed E-state index contributed by atoms with van der Waals surface area (Å²) in [5.74, 6) is 0.285. The summed E-state index contributed by atoms with van der Waals surface area (Å²) in [6, 6.07) is 15.5. The van der Waals surface area contributed by atoms with E-state index in [-0.39, 0.29) is 5.75 Å². The number of aromatic hydroxyl groups is 1. The molecule has 0 radical (unpaired) electrons. The van der Waals surface area contributed by atoms with Gasteiger partial charge in [-0.15, -0.1) is 0 Å². The fourth-order valence-electron chi connectivity index (χ4n) is 1.78. The Labute approximate surface area is 107 Å². The van der Waals surface area contributed by atoms with Crippen molar-refractivity contribution in [3.63, 3.8) is 0 Å². The quantitative estimate of drug-likeness (QED) is 0.557. The van der Waals surface area contributed by atoms with Crippen LogP contribution in [0.25, 0.3) is 0 Å². The second kappa shape index (κ2) is 5.96. The van der Waals surface area contributed by atoms with E-state index in [1.54, 1.807) is 6.07 Å². The summed E-state index contributed by atoms with van der Waals surface area (Å²) in [6.45, 7) is 3.63. The molecule has 0 amide bonds. The number of aryl methyl sites for hydroxylation is 1. The van der Waals surface area contributed by atoms with Gasteiger partial charge < -0.3 is 15.7 Å². The molecule has 0 fully saturated rings. The van der Waals surface area contributed by atoms with Crippen molar-refractivity contribution in [3.8, 4) is 5.75 Å². The first-order valence-electron chi connectivity index (χ1n) is 6.08. The lowest BCUT2D eigenvalue weighted by molar-refractivity contribution is 0.477. The number of benzene rings is 2. The van der Waals surface area contributed by atoms with Crippen molar-refractivity contribution in [1.82, 2.24) is 0 Å². The van der Waals surface area contributed by atoms with Crippen LogP contribution in [-0.4, -0.2) is 18.2 Å². The maximum atomic E-state index is 9.58. The third kappa shape index (κ3) is 3.42. The molecular formula is C15H18N2O. The normalized spacial score (nSPS) is 10.1. The number of hydrogen-bond acceptors (Lipinski definition) is 3. The number of rotatable bonds is 5. The number of hydrogen-bond donors (Lipinski definition) is 3. The van der Waals surface area contributed by atoms with E-state index in [0.29, 0.717) is 0 Å². The van der Waals surface area contributed by atoms with Gasteiger partial charge >= 0.3 is 0 Å². The van der Waals surface area contributed by atoms with E-state index >= 15 is 0 Å². The SMILES string of the molecule is Cc1cccc(NCCNc2ccccc2O)c1. The minimum atomic E-state index is 0.285.